The molecule has 3 aliphatic rings. The molecule has 0 aliphatic heterocycles. The zero-order valence-electron chi connectivity index (χ0n) is 28.2. The predicted molar refractivity (Wildman–Crippen MR) is 180 cm³/mol. The first-order chi connectivity index (χ1) is 22.4. The third kappa shape index (κ3) is 5.22. The van der Waals surface area contributed by atoms with E-state index in [2.05, 4.69) is 5.32 Å². The average molecular weight is 662 g/mol. The van der Waals surface area contributed by atoms with Gasteiger partial charge in [0.15, 0.2) is 11.4 Å². The lowest BCUT2D eigenvalue weighted by Gasteiger charge is -2.54. The quantitative estimate of drug-likeness (QED) is 0.224. The normalized spacial score (nSPS) is 25.2. The van der Waals surface area contributed by atoms with Gasteiger partial charge in [-0.2, -0.15) is 0 Å². The molecule has 4 atom stereocenters. The molecule has 13 nitrogen and oxygen atoms in total. The van der Waals surface area contributed by atoms with Gasteiger partial charge in [0.25, 0.3) is 11.8 Å². The van der Waals surface area contributed by atoms with E-state index in [1.54, 1.807) is 65.4 Å². The highest BCUT2D eigenvalue weighted by molar-refractivity contribution is 6.24. The summed E-state index contributed by atoms with van der Waals surface area (Å²) in [4.78, 5) is 58.3. The fourth-order valence-corrected chi connectivity index (χ4v) is 7.60. The van der Waals surface area contributed by atoms with Crippen LogP contribution in [-0.4, -0.2) is 121 Å². The molecule has 1 fully saturated rings. The SMILES string of the molecule is CN(C)CCNC(=O)c1cccc(-c2cc(N(C)C)c3c(c2O)C(O)=C2C(=O)[C@]4(O)C(O)=C(C(N)=O)C(=O)[C@@H](N(C)C)[C@@H]4C[C@]2(C)C3)c1. The Morgan fingerprint density at radius 2 is 1.71 bits per heavy atom. The van der Waals surface area contributed by atoms with Crippen molar-refractivity contribution in [3.05, 3.63) is 63.9 Å². The van der Waals surface area contributed by atoms with Crippen LogP contribution in [0.5, 0.6) is 5.75 Å². The van der Waals surface area contributed by atoms with Gasteiger partial charge in [-0.3, -0.25) is 24.1 Å². The number of fused-ring (bicyclic) bond motifs is 3. The number of benzene rings is 2. The van der Waals surface area contributed by atoms with E-state index >= 15 is 0 Å². The summed E-state index contributed by atoms with van der Waals surface area (Å²) >= 11 is 0. The third-order valence-electron chi connectivity index (χ3n) is 9.87. The van der Waals surface area contributed by atoms with E-state index in [1.807, 2.05) is 23.9 Å². The molecule has 0 spiro atoms. The maximum absolute atomic E-state index is 14.4. The lowest BCUT2D eigenvalue weighted by molar-refractivity contribution is -0.156. The lowest BCUT2D eigenvalue weighted by atomic mass is 9.52. The molecule has 256 valence electrons. The molecule has 2 aromatic rings. The molecule has 2 aromatic carbocycles. The van der Waals surface area contributed by atoms with Gasteiger partial charge in [0.05, 0.1) is 11.6 Å². The number of likely N-dealkylation sites (N-methyl/N-ethyl adjacent to an activating group) is 2. The molecule has 2 amide bonds. The number of primary amides is 1. The maximum atomic E-state index is 14.4. The molecule has 0 bridgehead atoms. The standard InChI is InChI=1S/C35H43N5O8/c1-34-15-20-22(39(4)5)14-19(17-9-8-10-18(13-17)33(47)37-11-12-38(2)3)27(41)23(20)28(42)25(34)31(45)35(48)21(16-34)26(40(6)7)29(43)24(30(35)44)32(36)46/h8-10,13-14,21,26,41-42,44,48H,11-12,15-16H2,1-7H3,(H2,36,46)(H,37,47)/t21-,26-,34-,35+/m0/s1. The van der Waals surface area contributed by atoms with Gasteiger partial charge < -0.3 is 41.3 Å². The number of nitrogens with one attached hydrogen (secondary N) is 1. The summed E-state index contributed by atoms with van der Waals surface area (Å²) in [6, 6.07) is 7.22. The summed E-state index contributed by atoms with van der Waals surface area (Å²) in [6.07, 6.45) is 0.0797. The number of aliphatic hydroxyl groups excluding tert-OH is 2. The molecule has 0 aromatic heterocycles. The maximum Gasteiger partial charge on any atom is 0.255 e. The number of rotatable bonds is 8. The summed E-state index contributed by atoms with van der Waals surface area (Å²) in [5, 5.41) is 49.8. The van der Waals surface area contributed by atoms with Crippen molar-refractivity contribution in [2.24, 2.45) is 17.1 Å². The number of carbonyl (C=O) groups excluding carboxylic acids is 4. The zero-order valence-corrected chi connectivity index (χ0v) is 28.2. The molecule has 5 rings (SSSR count). The van der Waals surface area contributed by atoms with Crippen LogP contribution in [-0.2, 0) is 20.8 Å². The summed E-state index contributed by atoms with van der Waals surface area (Å²) < 4.78 is 0. The number of ketones is 2. The lowest BCUT2D eigenvalue weighted by Crippen LogP contribution is -2.67. The Kier molecular flexibility index (Phi) is 8.70. The Morgan fingerprint density at radius 1 is 1.04 bits per heavy atom. The summed E-state index contributed by atoms with van der Waals surface area (Å²) in [5.74, 6) is -6.78. The molecule has 13 heteroatoms. The van der Waals surface area contributed by atoms with E-state index in [9.17, 15) is 39.6 Å². The zero-order chi connectivity index (χ0) is 35.6. The van der Waals surface area contributed by atoms with Crippen LogP contribution >= 0.6 is 0 Å². The average Bonchev–Trinajstić information content (AvgIpc) is 2.98. The summed E-state index contributed by atoms with van der Waals surface area (Å²) in [6.45, 7) is 2.80. The second-order valence-corrected chi connectivity index (χ2v) is 13.9. The number of hydrogen-bond acceptors (Lipinski definition) is 11. The largest absolute Gasteiger partial charge is 0.508 e. The Morgan fingerprint density at radius 3 is 2.29 bits per heavy atom. The van der Waals surface area contributed by atoms with Gasteiger partial charge in [-0.15, -0.1) is 0 Å². The van der Waals surface area contributed by atoms with Crippen LogP contribution in [0, 0.1) is 11.3 Å². The van der Waals surface area contributed by atoms with E-state index in [0.717, 1.165) is 0 Å². The van der Waals surface area contributed by atoms with Gasteiger partial charge in [-0.25, -0.2) is 0 Å². The molecule has 0 radical (unpaired) electrons. The molecule has 0 saturated heterocycles. The van der Waals surface area contributed by atoms with Crippen molar-refractivity contribution in [1.29, 1.82) is 0 Å². The van der Waals surface area contributed by atoms with Gasteiger partial charge in [-0.1, -0.05) is 19.1 Å². The molecule has 1 saturated carbocycles. The molecule has 3 aliphatic carbocycles. The molecule has 0 heterocycles. The monoisotopic (exact) mass is 661 g/mol. The van der Waals surface area contributed by atoms with Crippen LogP contribution in [0.4, 0.5) is 5.69 Å². The molecular weight excluding hydrogens is 618 g/mol. The Hall–Kier alpha value is -4.72. The van der Waals surface area contributed by atoms with E-state index < -0.39 is 57.5 Å². The molecule has 7 N–H and O–H groups in total. The van der Waals surface area contributed by atoms with Crippen molar-refractivity contribution in [3.8, 4) is 16.9 Å². The minimum atomic E-state index is -2.75. The molecule has 0 unspecified atom stereocenters. The van der Waals surface area contributed by atoms with E-state index in [-0.39, 0.29) is 41.2 Å². The van der Waals surface area contributed by atoms with E-state index in [4.69, 9.17) is 5.73 Å². The smallest absolute Gasteiger partial charge is 0.255 e. The van der Waals surface area contributed by atoms with Crippen molar-refractivity contribution in [2.45, 2.75) is 31.4 Å². The molecule has 48 heavy (non-hydrogen) atoms. The fraction of sp³-hybridized carbons (Fsp3) is 0.429. The topological polar surface area (TPSA) is 197 Å². The third-order valence-corrected chi connectivity index (χ3v) is 9.87. The van der Waals surface area contributed by atoms with Crippen LogP contribution in [0.2, 0.25) is 0 Å². The highest BCUT2D eigenvalue weighted by Crippen LogP contribution is 2.59. The van der Waals surface area contributed by atoms with E-state index in [1.165, 1.54) is 4.90 Å². The fourth-order valence-electron chi connectivity index (χ4n) is 7.60. The first-order valence-corrected chi connectivity index (χ1v) is 15.6. The van der Waals surface area contributed by atoms with Crippen LogP contribution < -0.4 is 16.0 Å². The van der Waals surface area contributed by atoms with Gasteiger partial charge in [0.2, 0.25) is 5.78 Å². The first-order valence-electron chi connectivity index (χ1n) is 15.6. The predicted octanol–water partition coefficient (Wildman–Crippen LogP) is 1.38. The Bertz CT molecular complexity index is 1810. The minimum Gasteiger partial charge on any atom is -0.508 e. The van der Waals surface area contributed by atoms with Crippen LogP contribution in [0.3, 0.4) is 0 Å². The number of anilines is 1. The van der Waals surface area contributed by atoms with Crippen molar-refractivity contribution in [2.75, 3.05) is 60.3 Å². The van der Waals surface area contributed by atoms with Crippen molar-refractivity contribution in [3.63, 3.8) is 0 Å². The van der Waals surface area contributed by atoms with Gasteiger partial charge in [0.1, 0.15) is 22.8 Å². The van der Waals surface area contributed by atoms with Crippen molar-refractivity contribution >= 4 is 34.8 Å². The second kappa shape index (κ2) is 12.1. The highest BCUT2D eigenvalue weighted by atomic mass is 16.3. The van der Waals surface area contributed by atoms with Crippen LogP contribution in [0.15, 0.2) is 47.2 Å². The van der Waals surface area contributed by atoms with Crippen LogP contribution in [0.25, 0.3) is 16.9 Å². The number of aliphatic hydroxyl groups is 3. The first kappa shape index (κ1) is 34.6. The van der Waals surface area contributed by atoms with Crippen LogP contribution in [0.1, 0.15) is 34.8 Å². The van der Waals surface area contributed by atoms with Gasteiger partial charge >= 0.3 is 0 Å². The number of aromatic hydroxyl groups is 1. The number of carbonyl (C=O) groups is 4. The number of nitrogens with two attached hydrogens (primary N) is 1. The highest BCUT2D eigenvalue weighted by Gasteiger charge is 2.66. The molecular formula is C35H43N5O8. The number of amides is 2. The number of Topliss-reactive ketones (excluding diaryl/α,β-unsaturated/α-hetero) is 2. The van der Waals surface area contributed by atoms with E-state index in [0.29, 0.717) is 35.5 Å². The minimum absolute atomic E-state index is 0.0328. The number of phenolic OH excluding ortho intramolecular Hbond substituents is 1. The summed E-state index contributed by atoms with van der Waals surface area (Å²) in [7, 11) is 10.5. The van der Waals surface area contributed by atoms with Gasteiger partial charge in [0, 0.05) is 60.9 Å². The number of phenols is 1. The number of nitrogens with zero attached hydrogens (tertiary/aromatic N) is 3. The van der Waals surface area contributed by atoms with Crippen molar-refractivity contribution < 1.29 is 39.6 Å². The van der Waals surface area contributed by atoms with Crippen molar-refractivity contribution in [1.82, 2.24) is 15.1 Å². The Balaban J connectivity index is 1.70. The number of hydrogen-bond donors (Lipinski definition) is 6. The second-order valence-electron chi connectivity index (χ2n) is 13.9. The Labute approximate surface area is 278 Å². The van der Waals surface area contributed by atoms with Gasteiger partial charge in [-0.05, 0) is 70.4 Å². The summed E-state index contributed by atoms with van der Waals surface area (Å²) in [5.41, 5.74) is 2.65.